The van der Waals surface area contributed by atoms with Gasteiger partial charge in [0, 0.05) is 19.0 Å². The van der Waals surface area contributed by atoms with Crippen molar-refractivity contribution in [2.75, 3.05) is 13.1 Å². The predicted octanol–water partition coefficient (Wildman–Crippen LogP) is 4.30. The molecule has 7 heteroatoms. The number of aromatic nitrogens is 2. The van der Waals surface area contributed by atoms with E-state index in [1.54, 1.807) is 9.58 Å². The molecule has 1 aliphatic heterocycles. The summed E-state index contributed by atoms with van der Waals surface area (Å²) >= 11 is 0. The normalized spacial score (nSPS) is 15.4. The van der Waals surface area contributed by atoms with E-state index in [0.717, 1.165) is 16.8 Å². The molecule has 7 nitrogen and oxygen atoms in total. The van der Waals surface area contributed by atoms with E-state index >= 15 is 0 Å². The number of carboxylic acids is 1. The van der Waals surface area contributed by atoms with Crippen LogP contribution in [0.15, 0.2) is 24.4 Å². The number of rotatable bonds is 3. The lowest BCUT2D eigenvalue weighted by Gasteiger charge is -2.34. The molecule has 29 heavy (non-hydrogen) atoms. The van der Waals surface area contributed by atoms with Gasteiger partial charge in [0.05, 0.1) is 17.6 Å². The van der Waals surface area contributed by atoms with Gasteiger partial charge >= 0.3 is 12.1 Å². The summed E-state index contributed by atoms with van der Waals surface area (Å²) < 4.78 is 7.22. The number of carboxylic acid groups (broad SMARTS) is 1. The van der Waals surface area contributed by atoms with Crippen LogP contribution < -0.4 is 0 Å². The van der Waals surface area contributed by atoms with Gasteiger partial charge in [-0.15, -0.1) is 0 Å². The molecule has 1 amide bonds. The Hall–Kier alpha value is -2.83. The highest BCUT2D eigenvalue weighted by Gasteiger charge is 2.32. The quantitative estimate of drug-likeness (QED) is 0.832. The van der Waals surface area contributed by atoms with E-state index in [9.17, 15) is 14.7 Å². The minimum Gasteiger partial charge on any atom is -0.478 e. The van der Waals surface area contributed by atoms with E-state index in [1.807, 2.05) is 46.8 Å². The van der Waals surface area contributed by atoms with Crippen LogP contribution in [0.1, 0.15) is 66.7 Å². The fourth-order valence-corrected chi connectivity index (χ4v) is 3.81. The molecule has 1 saturated heterocycles. The third kappa shape index (κ3) is 4.60. The summed E-state index contributed by atoms with van der Waals surface area (Å²) in [6.45, 7) is 10.6. The first-order chi connectivity index (χ1) is 13.6. The lowest BCUT2D eigenvalue weighted by molar-refractivity contribution is 0.0202. The second-order valence-corrected chi connectivity index (χ2v) is 8.69. The third-order valence-corrected chi connectivity index (χ3v) is 5.15. The summed E-state index contributed by atoms with van der Waals surface area (Å²) in [5.74, 6) is -0.978. The second kappa shape index (κ2) is 7.89. The number of amides is 1. The van der Waals surface area contributed by atoms with Crippen LogP contribution in [0.5, 0.6) is 0 Å². The van der Waals surface area contributed by atoms with Gasteiger partial charge in [-0.2, -0.15) is 5.10 Å². The van der Waals surface area contributed by atoms with Crippen LogP contribution in [0, 0.1) is 13.8 Å². The van der Waals surface area contributed by atoms with E-state index in [1.165, 1.54) is 6.20 Å². The molecule has 0 atom stereocenters. The highest BCUT2D eigenvalue weighted by atomic mass is 16.6. The largest absolute Gasteiger partial charge is 0.478 e. The molecule has 0 spiro atoms. The lowest BCUT2D eigenvalue weighted by Crippen LogP contribution is -2.41. The zero-order valence-electron chi connectivity index (χ0n) is 17.7. The number of hydrogen-bond acceptors (Lipinski definition) is 4. The molecule has 3 rings (SSSR count). The molecule has 2 aromatic rings. The first kappa shape index (κ1) is 20.9. The second-order valence-electron chi connectivity index (χ2n) is 8.69. The third-order valence-electron chi connectivity index (χ3n) is 5.15. The number of aromatic carboxylic acids is 1. The summed E-state index contributed by atoms with van der Waals surface area (Å²) in [6, 6.07) is 6.04. The smallest absolute Gasteiger partial charge is 0.410 e. The first-order valence-corrected chi connectivity index (χ1v) is 9.93. The van der Waals surface area contributed by atoms with Gasteiger partial charge in [0.15, 0.2) is 0 Å². The fraction of sp³-hybridized carbons (Fsp3) is 0.500. The summed E-state index contributed by atoms with van der Waals surface area (Å²) in [7, 11) is 0. The molecule has 156 valence electrons. The topological polar surface area (TPSA) is 84.7 Å². The van der Waals surface area contributed by atoms with Crippen molar-refractivity contribution in [2.24, 2.45) is 0 Å². The molecule has 1 aromatic carbocycles. The van der Waals surface area contributed by atoms with Crippen molar-refractivity contribution in [2.45, 2.75) is 59.0 Å². The fourth-order valence-electron chi connectivity index (χ4n) is 3.81. The molecule has 0 unspecified atom stereocenters. The Morgan fingerprint density at radius 1 is 1.17 bits per heavy atom. The first-order valence-electron chi connectivity index (χ1n) is 9.93. The standard InChI is InChI=1S/C22H29N3O4/c1-14-6-7-18(15(2)12-14)25-19(17(13-23-25)20(26)27)16-8-10-24(11-9-16)21(28)29-22(3,4)5/h6-7,12-13,16H,8-11H2,1-5H3,(H,26,27). The van der Waals surface area contributed by atoms with E-state index < -0.39 is 11.6 Å². The van der Waals surface area contributed by atoms with Gasteiger partial charge in [0.25, 0.3) is 0 Å². The molecule has 1 fully saturated rings. The van der Waals surface area contributed by atoms with E-state index in [0.29, 0.717) is 31.6 Å². The van der Waals surface area contributed by atoms with Crippen LogP contribution in [-0.4, -0.2) is 50.5 Å². The Kier molecular flexibility index (Phi) is 5.68. The minimum atomic E-state index is -0.981. The summed E-state index contributed by atoms with van der Waals surface area (Å²) in [6.07, 6.45) is 2.43. The van der Waals surface area contributed by atoms with Crippen LogP contribution in [0.2, 0.25) is 0 Å². The summed E-state index contributed by atoms with van der Waals surface area (Å²) in [5, 5.41) is 14.1. The van der Waals surface area contributed by atoms with Gasteiger partial charge < -0.3 is 14.7 Å². The Balaban J connectivity index is 1.87. The van der Waals surface area contributed by atoms with Gasteiger partial charge in [-0.25, -0.2) is 14.3 Å². The molecular weight excluding hydrogens is 370 g/mol. The van der Waals surface area contributed by atoms with Crippen LogP contribution in [0.3, 0.4) is 0 Å². The highest BCUT2D eigenvalue weighted by molar-refractivity contribution is 5.89. The molecule has 1 N–H and O–H groups in total. The molecular formula is C22H29N3O4. The van der Waals surface area contributed by atoms with Crippen molar-refractivity contribution in [3.63, 3.8) is 0 Å². The molecule has 1 aromatic heterocycles. The van der Waals surface area contributed by atoms with Crippen molar-refractivity contribution in [1.29, 1.82) is 0 Å². The number of ether oxygens (including phenoxy) is 1. The Morgan fingerprint density at radius 3 is 2.38 bits per heavy atom. The maximum absolute atomic E-state index is 12.3. The summed E-state index contributed by atoms with van der Waals surface area (Å²) in [5.41, 5.74) is 3.45. The highest BCUT2D eigenvalue weighted by Crippen LogP contribution is 2.33. The maximum atomic E-state index is 12.3. The number of carbonyl (C=O) groups is 2. The molecule has 0 bridgehead atoms. The SMILES string of the molecule is Cc1ccc(-n2ncc(C(=O)O)c2C2CCN(C(=O)OC(C)(C)C)CC2)c(C)c1. The van der Waals surface area contributed by atoms with E-state index in [2.05, 4.69) is 11.2 Å². The number of benzene rings is 1. The minimum absolute atomic E-state index is 0.00277. The zero-order chi connectivity index (χ0) is 21.3. The van der Waals surface area contributed by atoms with Crippen LogP contribution in [-0.2, 0) is 4.74 Å². The molecule has 0 radical (unpaired) electrons. The van der Waals surface area contributed by atoms with Crippen molar-refractivity contribution in [1.82, 2.24) is 14.7 Å². The van der Waals surface area contributed by atoms with Crippen LogP contribution in [0.25, 0.3) is 5.69 Å². The molecule has 1 aliphatic rings. The summed E-state index contributed by atoms with van der Waals surface area (Å²) in [4.78, 5) is 25.9. The Labute approximate surface area is 171 Å². The van der Waals surface area contributed by atoms with Crippen molar-refractivity contribution in [3.05, 3.63) is 46.8 Å². The van der Waals surface area contributed by atoms with Gasteiger partial charge in [-0.05, 0) is 59.1 Å². The van der Waals surface area contributed by atoms with E-state index in [4.69, 9.17) is 4.74 Å². The Bertz CT molecular complexity index is 919. The van der Waals surface area contributed by atoms with Crippen molar-refractivity contribution < 1.29 is 19.4 Å². The van der Waals surface area contributed by atoms with Crippen molar-refractivity contribution >= 4 is 12.1 Å². The monoisotopic (exact) mass is 399 g/mol. The average molecular weight is 399 g/mol. The number of piperidine rings is 1. The maximum Gasteiger partial charge on any atom is 0.410 e. The van der Waals surface area contributed by atoms with E-state index in [-0.39, 0.29) is 17.6 Å². The van der Waals surface area contributed by atoms with Crippen molar-refractivity contribution in [3.8, 4) is 5.69 Å². The molecule has 0 aliphatic carbocycles. The molecule has 0 saturated carbocycles. The zero-order valence-corrected chi connectivity index (χ0v) is 17.7. The number of nitrogens with zero attached hydrogens (tertiary/aromatic N) is 3. The number of likely N-dealkylation sites (tertiary alicyclic amines) is 1. The van der Waals surface area contributed by atoms with Gasteiger partial charge in [0.1, 0.15) is 11.2 Å². The van der Waals surface area contributed by atoms with Crippen LogP contribution >= 0.6 is 0 Å². The van der Waals surface area contributed by atoms with Gasteiger partial charge in [0.2, 0.25) is 0 Å². The number of aryl methyl sites for hydroxylation is 2. The molecule has 2 heterocycles. The lowest BCUT2D eigenvalue weighted by atomic mass is 9.91. The number of carbonyl (C=O) groups excluding carboxylic acids is 1. The Morgan fingerprint density at radius 2 is 1.83 bits per heavy atom. The van der Waals surface area contributed by atoms with Crippen LogP contribution in [0.4, 0.5) is 4.79 Å². The predicted molar refractivity (Wildman–Crippen MR) is 110 cm³/mol. The van der Waals surface area contributed by atoms with Gasteiger partial charge in [-0.3, -0.25) is 0 Å². The number of hydrogen-bond donors (Lipinski definition) is 1. The average Bonchev–Trinajstić information content (AvgIpc) is 3.05. The van der Waals surface area contributed by atoms with Gasteiger partial charge in [-0.1, -0.05) is 17.7 Å².